The third-order valence-corrected chi connectivity index (χ3v) is 23.7. The zero-order chi connectivity index (χ0) is 9.28. The predicted molar refractivity (Wildman–Crippen MR) is 59.0 cm³/mol. The zero-order valence-corrected chi connectivity index (χ0v) is 11.7. The van der Waals surface area contributed by atoms with E-state index in [9.17, 15) is 0 Å². The van der Waals surface area contributed by atoms with Crippen LogP contribution in [-0.4, -0.2) is 17.9 Å². The van der Waals surface area contributed by atoms with Crippen molar-refractivity contribution in [3.05, 3.63) is 0 Å². The maximum absolute atomic E-state index is 5.87. The van der Waals surface area contributed by atoms with Crippen LogP contribution in [0.25, 0.3) is 0 Å². The molecule has 0 aromatic carbocycles. The van der Waals surface area contributed by atoms with Crippen LogP contribution in [0.15, 0.2) is 0 Å². The molecule has 0 heterocycles. The predicted octanol–water partition coefficient (Wildman–Crippen LogP) is 3.13. The Kier molecular flexibility index (Phi) is 5.11. The van der Waals surface area contributed by atoms with E-state index >= 15 is 0 Å². The highest BCUT2D eigenvalue weighted by molar-refractivity contribution is 8.01. The fraction of sp³-hybridized carbons (Fsp3) is 1.00. The Morgan fingerprint density at radius 1 is 1.00 bits per heavy atom. The molecule has 0 amide bonds. The molecule has 0 spiro atoms. The maximum atomic E-state index is 5.87. The molecule has 0 aliphatic rings. The second-order valence-corrected chi connectivity index (χ2v) is 24.9. The number of hydrogen-bond acceptors (Lipinski definition) is 1. The van der Waals surface area contributed by atoms with Crippen LogP contribution in [0.5, 0.6) is 0 Å². The molecule has 0 saturated heterocycles. The quantitative estimate of drug-likeness (QED) is 0.622. The van der Waals surface area contributed by atoms with E-state index in [1.54, 1.807) is 0 Å². The molecule has 1 nitrogen and oxygen atoms in total. The summed E-state index contributed by atoms with van der Waals surface area (Å²) < 4.78 is 0. The van der Waals surface area contributed by atoms with Crippen LogP contribution in [0.3, 0.4) is 0 Å². The number of halogens is 5. The Morgan fingerprint density at radius 3 is 1.45 bits per heavy atom. The summed E-state index contributed by atoms with van der Waals surface area (Å²) in [5, 5.41) is 0. The van der Waals surface area contributed by atoms with E-state index in [0.717, 1.165) is 0 Å². The molecule has 0 atom stereocenters. The maximum Gasteiger partial charge on any atom is 0.376 e. The third-order valence-electron chi connectivity index (χ3n) is 0.826. The molecule has 0 fully saturated rings. The minimum absolute atomic E-state index is 0.139. The Bertz CT molecular complexity index is 132. The van der Waals surface area contributed by atoms with E-state index in [2.05, 4.69) is 4.98 Å². The summed E-state index contributed by atoms with van der Waals surface area (Å²) >= 11 is 28.8. The highest BCUT2D eigenvalue weighted by Crippen LogP contribution is 2.35. The summed E-state index contributed by atoms with van der Waals surface area (Å²) in [7, 11) is 0. The summed E-state index contributed by atoms with van der Waals surface area (Å²) in [4.78, 5) is 2.89. The van der Waals surface area contributed by atoms with Gasteiger partial charge in [-0.3, -0.25) is 0 Å². The fourth-order valence-electron chi connectivity index (χ4n) is 0.444. The molecule has 11 heavy (non-hydrogen) atoms. The van der Waals surface area contributed by atoms with E-state index in [4.69, 9.17) is 55.4 Å². The van der Waals surface area contributed by atoms with Crippen molar-refractivity contribution in [2.45, 2.75) is 19.9 Å². The van der Waals surface area contributed by atoms with Gasteiger partial charge in [-0.05, 0) is 6.04 Å². The van der Waals surface area contributed by atoms with E-state index in [1.807, 2.05) is 13.8 Å². The summed E-state index contributed by atoms with van der Waals surface area (Å²) in [5.41, 5.74) is -2.97. The SMILES string of the molecule is CC(C)N[Si](Cl)(Cl)[Si](Cl)(Cl)Cl. The van der Waals surface area contributed by atoms with Gasteiger partial charge in [0.15, 0.2) is 0 Å². The summed E-state index contributed by atoms with van der Waals surface area (Å²) in [6, 6.07) is 0.139. The van der Waals surface area contributed by atoms with Gasteiger partial charge in [-0.15, -0.1) is 55.4 Å². The lowest BCUT2D eigenvalue weighted by atomic mass is 10.4. The Hall–Kier alpha value is 1.84. The van der Waals surface area contributed by atoms with Gasteiger partial charge in [-0.1, -0.05) is 13.8 Å². The van der Waals surface area contributed by atoms with Crippen LogP contribution in [0, 0.1) is 0 Å². The van der Waals surface area contributed by atoms with Crippen LogP contribution in [0.2, 0.25) is 0 Å². The number of hydrogen-bond donors (Lipinski definition) is 1. The molecule has 0 unspecified atom stereocenters. The summed E-state index contributed by atoms with van der Waals surface area (Å²) in [5.74, 6) is 0. The zero-order valence-electron chi connectivity index (χ0n) is 5.97. The second-order valence-electron chi connectivity index (χ2n) is 2.37. The topological polar surface area (TPSA) is 12.0 Å². The number of nitrogens with one attached hydrogen (secondary N) is 1. The van der Waals surface area contributed by atoms with Gasteiger partial charge in [0.2, 0.25) is 0 Å². The van der Waals surface area contributed by atoms with Gasteiger partial charge >= 0.3 is 11.9 Å². The molecule has 0 radical (unpaired) electrons. The van der Waals surface area contributed by atoms with Crippen LogP contribution < -0.4 is 4.98 Å². The van der Waals surface area contributed by atoms with Crippen molar-refractivity contribution in [2.75, 3.05) is 0 Å². The molecule has 68 valence electrons. The van der Waals surface area contributed by atoms with Gasteiger partial charge in [-0.25, -0.2) is 0 Å². The van der Waals surface area contributed by atoms with E-state index in [-0.39, 0.29) is 6.04 Å². The van der Waals surface area contributed by atoms with E-state index in [1.165, 1.54) is 0 Å². The third kappa shape index (κ3) is 4.57. The molecule has 0 aliphatic heterocycles. The summed E-state index contributed by atoms with van der Waals surface area (Å²) in [6.07, 6.45) is -2.84. The smallest absolute Gasteiger partial charge is 0.311 e. The van der Waals surface area contributed by atoms with Crippen molar-refractivity contribution >= 4 is 67.3 Å². The average Bonchev–Trinajstić information content (AvgIpc) is 1.56. The fourth-order valence-corrected chi connectivity index (χ4v) is 5.47. The van der Waals surface area contributed by atoms with Crippen LogP contribution in [0.1, 0.15) is 13.8 Å². The molecular formula is C3H8Cl5NSi2. The van der Waals surface area contributed by atoms with Gasteiger partial charge in [0, 0.05) is 0 Å². The second kappa shape index (κ2) is 4.37. The van der Waals surface area contributed by atoms with Gasteiger partial charge in [0.05, 0.1) is 0 Å². The van der Waals surface area contributed by atoms with Crippen molar-refractivity contribution in [1.29, 1.82) is 0 Å². The summed E-state index contributed by atoms with van der Waals surface area (Å²) in [6.45, 7) is 3.80. The minimum atomic E-state index is -2.97. The van der Waals surface area contributed by atoms with Crippen molar-refractivity contribution in [1.82, 2.24) is 4.98 Å². The lowest BCUT2D eigenvalue weighted by Crippen LogP contribution is -2.57. The Morgan fingerprint density at radius 2 is 1.36 bits per heavy atom. The molecule has 8 heteroatoms. The highest BCUT2D eigenvalue weighted by Gasteiger charge is 2.53. The van der Waals surface area contributed by atoms with E-state index in [0.29, 0.717) is 0 Å². The molecule has 0 aromatic rings. The van der Waals surface area contributed by atoms with Crippen LogP contribution >= 0.6 is 55.4 Å². The van der Waals surface area contributed by atoms with E-state index < -0.39 is 11.9 Å². The van der Waals surface area contributed by atoms with Gasteiger partial charge in [0.1, 0.15) is 0 Å². The van der Waals surface area contributed by atoms with Gasteiger partial charge in [0.25, 0.3) is 0 Å². The van der Waals surface area contributed by atoms with Crippen LogP contribution in [-0.2, 0) is 0 Å². The van der Waals surface area contributed by atoms with Gasteiger partial charge < -0.3 is 4.98 Å². The molecule has 0 bridgehead atoms. The first-order chi connectivity index (χ1) is 4.67. The first kappa shape index (κ1) is 12.8. The van der Waals surface area contributed by atoms with Crippen molar-refractivity contribution < 1.29 is 0 Å². The Labute approximate surface area is 91.7 Å². The average molecular weight is 292 g/mol. The van der Waals surface area contributed by atoms with Gasteiger partial charge in [-0.2, -0.15) is 0 Å². The molecular weight excluding hydrogens is 283 g/mol. The first-order valence-electron chi connectivity index (χ1n) is 2.89. The lowest BCUT2D eigenvalue weighted by molar-refractivity contribution is 0.752. The number of rotatable bonds is 3. The van der Waals surface area contributed by atoms with Crippen LogP contribution in [0.4, 0.5) is 0 Å². The standard InChI is InChI=1S/C3H8Cl5NSi2/c1-3(2)9-11(7,8)10(4,5)6/h3,9H,1-2H3. The Balaban J connectivity index is 4.22. The normalized spacial score (nSPS) is 14.2. The molecule has 0 saturated carbocycles. The van der Waals surface area contributed by atoms with Crippen molar-refractivity contribution in [2.24, 2.45) is 0 Å². The van der Waals surface area contributed by atoms with Crippen molar-refractivity contribution in [3.8, 4) is 0 Å². The first-order valence-corrected chi connectivity index (χ1v) is 12.9. The lowest BCUT2D eigenvalue weighted by Gasteiger charge is -2.25. The molecule has 1 N–H and O–H groups in total. The molecule has 0 aromatic heterocycles. The minimum Gasteiger partial charge on any atom is -0.311 e. The molecule has 0 aliphatic carbocycles. The molecule has 0 rings (SSSR count). The highest BCUT2D eigenvalue weighted by atomic mass is 35.9. The van der Waals surface area contributed by atoms with Crippen molar-refractivity contribution in [3.63, 3.8) is 0 Å². The monoisotopic (exact) mass is 289 g/mol. The largest absolute Gasteiger partial charge is 0.376 e.